The maximum atomic E-state index is 14.0. The molecule has 77 heavy (non-hydrogen) atoms. The van der Waals surface area contributed by atoms with Crippen LogP contribution in [0.25, 0.3) is 0 Å². The first-order chi connectivity index (χ1) is 36.2. The third-order valence-electron chi connectivity index (χ3n) is 12.0. The lowest BCUT2D eigenvalue weighted by atomic mass is 10.0. The van der Waals surface area contributed by atoms with Crippen LogP contribution < -0.4 is 48.3 Å². The molecule has 32 nitrogen and oxygen atoms in total. The smallest absolute Gasteiger partial charge is 0.305 e. The zero-order valence-electron chi connectivity index (χ0n) is 42.3. The Kier molecular flexibility index (Phi) is 24.3. The fourth-order valence-electron chi connectivity index (χ4n) is 8.31. The van der Waals surface area contributed by atoms with Gasteiger partial charge in [-0.2, -0.15) is 0 Å². The lowest BCUT2D eigenvalue weighted by Crippen LogP contribution is -2.59. The molecule has 2 fully saturated rings. The third kappa shape index (κ3) is 20.5. The Hall–Kier alpha value is -8.74. The molecule has 0 spiro atoms. The van der Waals surface area contributed by atoms with Crippen LogP contribution in [0.5, 0.6) is 0 Å². The van der Waals surface area contributed by atoms with Crippen LogP contribution in [-0.4, -0.2) is 204 Å². The van der Waals surface area contributed by atoms with Gasteiger partial charge in [0.1, 0.15) is 48.3 Å². The Morgan fingerprint density at radius 1 is 0.610 bits per heavy atom. The zero-order valence-corrected chi connectivity index (χ0v) is 42.3. The molecule has 8 atom stereocenters. The Morgan fingerprint density at radius 3 is 1.52 bits per heavy atom. The van der Waals surface area contributed by atoms with E-state index >= 15 is 0 Å². The maximum absolute atomic E-state index is 14.0. The van der Waals surface area contributed by atoms with Crippen LogP contribution in [0.2, 0.25) is 0 Å². The van der Waals surface area contributed by atoms with Gasteiger partial charge in [-0.15, -0.1) is 0 Å². The molecule has 3 heterocycles. The van der Waals surface area contributed by atoms with Gasteiger partial charge in [-0.1, -0.05) is 13.8 Å². The van der Waals surface area contributed by atoms with Crippen molar-refractivity contribution in [1.29, 1.82) is 0 Å². The molecule has 424 valence electrons. The molecule has 0 aromatic carbocycles. The van der Waals surface area contributed by atoms with Crippen LogP contribution in [-0.2, 0) is 78.3 Å². The molecule has 0 bridgehead atoms. The molecular weight excluding hydrogens is 1030 g/mol. The van der Waals surface area contributed by atoms with E-state index in [4.69, 9.17) is 5.73 Å². The molecule has 11 amide bonds. The summed E-state index contributed by atoms with van der Waals surface area (Å²) in [5, 5.41) is 56.4. The monoisotopic (exact) mass is 1090 g/mol. The van der Waals surface area contributed by atoms with Gasteiger partial charge in [-0.05, 0) is 44.4 Å². The van der Waals surface area contributed by atoms with E-state index in [-0.39, 0.29) is 38.8 Å². The first-order valence-corrected chi connectivity index (χ1v) is 24.3. The van der Waals surface area contributed by atoms with E-state index < -0.39 is 195 Å². The normalized spacial score (nSPS) is 17.2. The zero-order chi connectivity index (χ0) is 57.7. The second-order valence-corrected chi connectivity index (χ2v) is 18.4. The van der Waals surface area contributed by atoms with Crippen LogP contribution in [0.15, 0.2) is 12.5 Å². The Bertz CT molecular complexity index is 2400. The average Bonchev–Trinajstić information content (AvgIpc) is 4.16. The van der Waals surface area contributed by atoms with E-state index in [0.717, 1.165) is 16.7 Å². The number of carboxylic acids is 4. The molecule has 2 aliphatic heterocycles. The number of hydrogen-bond donors (Lipinski definition) is 14. The molecule has 3 rings (SSSR count). The van der Waals surface area contributed by atoms with Gasteiger partial charge in [0.25, 0.3) is 0 Å². The van der Waals surface area contributed by atoms with Gasteiger partial charge < -0.3 is 83.5 Å². The van der Waals surface area contributed by atoms with E-state index in [1.165, 1.54) is 12.5 Å². The molecule has 0 radical (unpaired) electrons. The van der Waals surface area contributed by atoms with Crippen molar-refractivity contribution in [2.24, 2.45) is 11.7 Å². The maximum Gasteiger partial charge on any atom is 0.305 e. The Labute approximate surface area is 438 Å². The minimum Gasteiger partial charge on any atom is -0.481 e. The quantitative estimate of drug-likeness (QED) is 0.0329. The predicted octanol–water partition coefficient (Wildman–Crippen LogP) is -6.08. The van der Waals surface area contributed by atoms with Crippen molar-refractivity contribution in [3.05, 3.63) is 18.2 Å². The summed E-state index contributed by atoms with van der Waals surface area (Å²) in [7, 11) is 0. The van der Waals surface area contributed by atoms with Crippen LogP contribution >= 0.6 is 0 Å². The highest BCUT2D eigenvalue weighted by Gasteiger charge is 2.41. The number of rotatable bonds is 31. The largest absolute Gasteiger partial charge is 0.481 e. The molecular formula is C45H65N13O19. The minimum absolute atomic E-state index is 0.0217. The summed E-state index contributed by atoms with van der Waals surface area (Å²) >= 11 is 0. The number of nitrogens with two attached hydrogens (primary N) is 1. The lowest BCUT2D eigenvalue weighted by molar-refractivity contribution is -0.144. The highest BCUT2D eigenvalue weighted by atomic mass is 16.4. The second-order valence-electron chi connectivity index (χ2n) is 18.4. The van der Waals surface area contributed by atoms with E-state index in [2.05, 4.69) is 52.5 Å². The van der Waals surface area contributed by atoms with Crippen molar-refractivity contribution in [2.75, 3.05) is 26.2 Å². The lowest BCUT2D eigenvalue weighted by Gasteiger charge is -2.30. The SMILES string of the molecule is CC(=O)N[C@H](C(=O)N[C@@H](CC(=O)O)C(=O)N[C@@H](CCC(=O)O)C(=O)N1CCC[C@H]1C(=O)NCC(=O)N[C@@H](CCC(=O)O)C(=O)N[C@@H](CC(=O)O)C(=O)N[C@@H](Cc1cnc[nH]1)C(=O)N1CCC[C@H]1C(=O)NCC(N)=O)C(C)C. The highest BCUT2D eigenvalue weighted by molar-refractivity contribution is 6.00. The van der Waals surface area contributed by atoms with Gasteiger partial charge in [0.2, 0.25) is 65.0 Å². The summed E-state index contributed by atoms with van der Waals surface area (Å²) in [5.41, 5.74) is 5.44. The summed E-state index contributed by atoms with van der Waals surface area (Å²) in [6, 6.07) is -12.5. The minimum atomic E-state index is -1.97. The molecule has 0 aliphatic carbocycles. The number of nitrogens with one attached hydrogen (secondary N) is 9. The first-order valence-electron chi connectivity index (χ1n) is 24.3. The molecule has 1 aromatic heterocycles. The summed E-state index contributed by atoms with van der Waals surface area (Å²) in [4.78, 5) is 201. The average molecular weight is 1090 g/mol. The summed E-state index contributed by atoms with van der Waals surface area (Å²) in [5.74, 6) is -17.2. The number of carbonyl (C=O) groups excluding carboxylic acids is 11. The second kappa shape index (κ2) is 30.0. The summed E-state index contributed by atoms with van der Waals surface area (Å²) < 4.78 is 0. The first kappa shape index (κ1) is 62.6. The molecule has 1 aromatic rings. The predicted molar refractivity (Wildman–Crippen MR) is 257 cm³/mol. The van der Waals surface area contributed by atoms with Gasteiger partial charge in [0.05, 0.1) is 32.3 Å². The number of H-pyrrole nitrogens is 1. The van der Waals surface area contributed by atoms with E-state index in [9.17, 15) is 92.3 Å². The molecule has 2 aliphatic rings. The highest BCUT2D eigenvalue weighted by Crippen LogP contribution is 2.22. The van der Waals surface area contributed by atoms with Crippen molar-refractivity contribution >= 4 is 88.9 Å². The number of nitrogens with zero attached hydrogens (tertiary/aromatic N) is 3. The Morgan fingerprint density at radius 2 is 1.06 bits per heavy atom. The molecule has 2 saturated heterocycles. The van der Waals surface area contributed by atoms with Crippen LogP contribution in [0.1, 0.15) is 90.7 Å². The third-order valence-corrected chi connectivity index (χ3v) is 12.0. The number of likely N-dealkylation sites (tertiary alicyclic amines) is 2. The van der Waals surface area contributed by atoms with Crippen molar-refractivity contribution < 1.29 is 92.3 Å². The van der Waals surface area contributed by atoms with Gasteiger partial charge in [-0.3, -0.25) is 71.9 Å². The van der Waals surface area contributed by atoms with Gasteiger partial charge >= 0.3 is 23.9 Å². The van der Waals surface area contributed by atoms with Crippen LogP contribution in [0, 0.1) is 5.92 Å². The van der Waals surface area contributed by atoms with E-state index in [0.29, 0.717) is 12.1 Å². The Balaban J connectivity index is 1.77. The van der Waals surface area contributed by atoms with E-state index in [1.807, 2.05) is 0 Å². The van der Waals surface area contributed by atoms with Crippen LogP contribution in [0.3, 0.4) is 0 Å². The van der Waals surface area contributed by atoms with Crippen molar-refractivity contribution in [2.45, 2.75) is 140 Å². The van der Waals surface area contributed by atoms with Gasteiger partial charge in [0.15, 0.2) is 0 Å². The number of aromatic nitrogens is 2. The number of carbonyl (C=O) groups is 15. The van der Waals surface area contributed by atoms with Gasteiger partial charge in [0, 0.05) is 51.2 Å². The molecule has 15 N–H and O–H groups in total. The molecule has 32 heteroatoms. The fourth-order valence-corrected chi connectivity index (χ4v) is 8.31. The van der Waals surface area contributed by atoms with E-state index in [1.54, 1.807) is 13.8 Å². The van der Waals surface area contributed by atoms with Crippen molar-refractivity contribution in [3.8, 4) is 0 Å². The molecule has 0 unspecified atom stereocenters. The number of carboxylic acid groups (broad SMARTS) is 4. The number of aliphatic carboxylic acids is 4. The van der Waals surface area contributed by atoms with Crippen molar-refractivity contribution in [1.82, 2.24) is 62.3 Å². The number of imidazole rings is 1. The standard InChI is InChI=1S/C45H65N13O19/c1-21(2)37(51-22(3)59)43(75)55-27(16-36(68)69)39(71)53-25(9-11-34(64)65)44(76)57-12-4-7-30(57)42(74)49-19-32(61)52-24(8-10-33(62)63)38(70)54-26(15-35(66)67)40(72)56-28(14-23-17-47-20-50-23)45(77)58-13-5-6-29(58)41(73)48-18-31(46)60/h17,20-21,24-30,37H,4-16,18-19H2,1-3H3,(H2,46,60)(H,47,50)(H,48,73)(H,49,74)(H,51,59)(H,52,61)(H,53,71)(H,54,70)(H,55,75)(H,56,72)(H,62,63)(H,64,65)(H,66,67)(H,68,69)/t24-,25-,26-,27-,28-,29-,30-,37-/m0/s1. The van der Waals surface area contributed by atoms with Crippen molar-refractivity contribution in [3.63, 3.8) is 0 Å². The number of amides is 11. The number of aromatic amines is 1. The topological polar surface area (TPSA) is 494 Å². The fraction of sp³-hybridized carbons (Fsp3) is 0.600. The summed E-state index contributed by atoms with van der Waals surface area (Å²) in [6.07, 6.45) is -1.78. The number of hydrogen-bond acceptors (Lipinski definition) is 16. The van der Waals surface area contributed by atoms with Gasteiger partial charge in [-0.25, -0.2) is 4.98 Å². The summed E-state index contributed by atoms with van der Waals surface area (Å²) in [6.45, 7) is 2.73. The molecule has 0 saturated carbocycles. The van der Waals surface area contributed by atoms with Crippen LogP contribution in [0.4, 0.5) is 0 Å². The number of primary amides is 1.